The van der Waals surface area contributed by atoms with Gasteiger partial charge >= 0.3 is 0 Å². The van der Waals surface area contributed by atoms with Crippen molar-refractivity contribution in [2.75, 3.05) is 0 Å². The molecule has 0 bridgehead atoms. The smallest absolute Gasteiger partial charge is 0.190 e. The number of aromatic amines is 1. The topological polar surface area (TPSA) is 28.7 Å². The molecule has 0 fully saturated rings. The first-order valence-electron chi connectivity index (χ1n) is 3.67. The maximum absolute atomic E-state index is 7.33. The van der Waals surface area contributed by atoms with Crippen molar-refractivity contribution in [3.05, 3.63) is 30.4 Å². The van der Waals surface area contributed by atoms with Gasteiger partial charge in [0.15, 0.2) is 1.41 Å². The van der Waals surface area contributed by atoms with Crippen LogP contribution >= 0.6 is 0 Å². The minimum absolute atomic E-state index is 0.163. The lowest BCUT2D eigenvalue weighted by molar-refractivity contribution is 1.12. The molecule has 0 saturated heterocycles. The Bertz CT molecular complexity index is 358. The van der Waals surface area contributed by atoms with Gasteiger partial charge in [0.1, 0.15) is 0 Å². The number of nitrogens with zero attached hydrogens (tertiary/aromatic N) is 1. The van der Waals surface area contributed by atoms with Gasteiger partial charge in [-0.15, -0.1) is 0 Å². The number of hydrogen-bond donors (Lipinski definition) is 1. The highest BCUT2D eigenvalue weighted by Crippen LogP contribution is 2.06. The van der Waals surface area contributed by atoms with Gasteiger partial charge in [0, 0.05) is 5.39 Å². The summed E-state index contributed by atoms with van der Waals surface area (Å²) < 4.78 is 14.6. The fourth-order valence-corrected chi connectivity index (χ4v) is 0.788. The number of fused-ring (bicyclic) bond motifs is 1. The van der Waals surface area contributed by atoms with Crippen LogP contribution in [0.2, 0.25) is 1.41 Å². The molecule has 0 aliphatic heterocycles. The number of rotatable bonds is 0. The lowest BCUT2D eigenvalue weighted by Crippen LogP contribution is -1.63. The normalized spacial score (nSPS) is 13.3. The van der Waals surface area contributed by atoms with E-state index in [2.05, 4.69) is 5.10 Å². The van der Waals surface area contributed by atoms with Gasteiger partial charge < -0.3 is 0 Å². The van der Waals surface area contributed by atoms with E-state index in [4.69, 9.17) is 2.78 Å². The maximum Gasteiger partial charge on any atom is 0.190 e. The fraction of sp³-hybridized carbons (Fsp3) is 0. The zero-order chi connectivity index (χ0) is 7.84. The van der Waals surface area contributed by atoms with Crippen LogP contribution in [0.3, 0.4) is 0 Å². The molecule has 2 nitrogen and oxygen atoms in total. The van der Waals surface area contributed by atoms with E-state index in [9.17, 15) is 0 Å². The van der Waals surface area contributed by atoms with E-state index in [0.717, 1.165) is 10.5 Å². The van der Waals surface area contributed by atoms with E-state index in [-0.39, 0.29) is 6.17 Å². The minimum atomic E-state index is 0.163. The van der Waals surface area contributed by atoms with Crippen LogP contribution in [0.4, 0.5) is 0 Å². The third-order valence-electron chi connectivity index (χ3n) is 1.23. The van der Waals surface area contributed by atoms with Crippen molar-refractivity contribution in [2.24, 2.45) is 0 Å². The van der Waals surface area contributed by atoms with Crippen molar-refractivity contribution in [3.8, 4) is 0 Å². The van der Waals surface area contributed by atoms with Crippen LogP contribution in [-0.2, 0) is 0 Å². The molecular weight excluding hydrogens is 112 g/mol. The summed E-state index contributed by atoms with van der Waals surface area (Å²) in [5.41, 5.74) is 0.678. The van der Waals surface area contributed by atoms with Crippen LogP contribution in [0.5, 0.6) is 0 Å². The first-order chi connectivity index (χ1) is 5.29. The van der Waals surface area contributed by atoms with Gasteiger partial charge in [-0.05, 0) is 6.07 Å². The number of aromatic nitrogens is 2. The summed E-state index contributed by atoms with van der Waals surface area (Å²) in [6, 6.07) is 7.22. The van der Waals surface area contributed by atoms with Gasteiger partial charge in [0.25, 0.3) is 0 Å². The maximum atomic E-state index is 7.33. The van der Waals surface area contributed by atoms with Crippen LogP contribution in [-0.4, -0.2) is 10.2 Å². The van der Waals surface area contributed by atoms with Crippen LogP contribution < -0.4 is 0 Å². The third kappa shape index (κ3) is 0.598. The van der Waals surface area contributed by atoms with Crippen molar-refractivity contribution in [3.63, 3.8) is 0 Å². The van der Waals surface area contributed by atoms with Gasteiger partial charge in [-0.2, -0.15) is 5.10 Å². The van der Waals surface area contributed by atoms with Gasteiger partial charge in [-0.1, -0.05) is 18.2 Å². The van der Waals surface area contributed by atoms with Crippen molar-refractivity contribution >= 4 is 10.9 Å². The molecule has 44 valence electrons. The standard InChI is InChI=1S/C7H6N2/c1-2-4-7-6(3-1)5-8-9-7/h1-5H,(H,8,9)/i5D/hD. The Kier molecular flexibility index (Phi) is 0.530. The zero-order valence-electron chi connectivity index (χ0n) is 6.70. The molecule has 2 heteroatoms. The third-order valence-corrected chi connectivity index (χ3v) is 1.23. The fourth-order valence-electron chi connectivity index (χ4n) is 0.788. The highest BCUT2D eigenvalue weighted by atomic mass is 15.1. The molecule has 0 saturated carbocycles. The predicted molar refractivity (Wildman–Crippen MR) is 36.1 cm³/mol. The largest absolute Gasteiger partial charge is 0.278 e. The quantitative estimate of drug-likeness (QED) is 0.561. The Balaban J connectivity index is 2.95. The zero-order valence-corrected chi connectivity index (χ0v) is 4.70. The van der Waals surface area contributed by atoms with E-state index in [1.54, 1.807) is 12.1 Å². The SMILES string of the molecule is [2H]c1nn([2H])c2ccccc12. The van der Waals surface area contributed by atoms with E-state index in [1.807, 2.05) is 12.1 Å². The van der Waals surface area contributed by atoms with E-state index >= 15 is 0 Å². The van der Waals surface area contributed by atoms with Gasteiger partial charge in [0.05, 0.1) is 13.1 Å². The molecule has 0 amide bonds. The molecule has 0 unspecified atom stereocenters. The Labute approximate surface area is 55.4 Å². The molecule has 9 heavy (non-hydrogen) atoms. The summed E-state index contributed by atoms with van der Waals surface area (Å²) in [6.45, 7) is 0. The summed E-state index contributed by atoms with van der Waals surface area (Å²) in [5, 5.41) is 5.33. The van der Waals surface area contributed by atoms with Crippen molar-refractivity contribution in [1.82, 2.24) is 10.2 Å². The second-order valence-electron chi connectivity index (χ2n) is 1.83. The van der Waals surface area contributed by atoms with Gasteiger partial charge in [-0.25, -0.2) is 0 Å². The summed E-state index contributed by atoms with van der Waals surface area (Å²) >= 11 is 0. The van der Waals surface area contributed by atoms with Gasteiger partial charge in [0.2, 0.25) is 0 Å². The molecule has 1 N–H and O–H groups in total. The lowest BCUT2D eigenvalue weighted by Gasteiger charge is -1.81. The molecule has 0 atom stereocenters. The van der Waals surface area contributed by atoms with E-state index in [0.29, 0.717) is 5.52 Å². The average molecular weight is 120 g/mol. The van der Waals surface area contributed by atoms with E-state index in [1.165, 1.54) is 0 Å². The Morgan fingerprint density at radius 1 is 1.56 bits per heavy atom. The molecule has 0 radical (unpaired) electrons. The highest BCUT2D eigenvalue weighted by molar-refractivity contribution is 5.77. The number of nitrogens with one attached hydrogen (secondary N) is 1. The Hall–Kier alpha value is -1.31. The van der Waals surface area contributed by atoms with Crippen molar-refractivity contribution < 1.29 is 2.78 Å². The number of para-hydroxylation sites is 1. The molecule has 1 heterocycles. The highest BCUT2D eigenvalue weighted by Gasteiger charge is 1.88. The molecular formula is C7H6N2. The summed E-state index contributed by atoms with van der Waals surface area (Å²) in [4.78, 5) is 0. The molecule has 2 aromatic rings. The summed E-state index contributed by atoms with van der Waals surface area (Å²) in [7, 11) is 0. The number of benzene rings is 1. The lowest BCUT2D eigenvalue weighted by atomic mass is 10.3. The predicted octanol–water partition coefficient (Wildman–Crippen LogP) is 1.56. The van der Waals surface area contributed by atoms with Crippen LogP contribution in [0.1, 0.15) is 1.37 Å². The first kappa shape index (κ1) is 3.01. The van der Waals surface area contributed by atoms with Crippen molar-refractivity contribution in [2.45, 2.75) is 0 Å². The molecule has 0 spiro atoms. The minimum Gasteiger partial charge on any atom is -0.278 e. The Morgan fingerprint density at radius 2 is 2.44 bits per heavy atom. The first-order valence-corrected chi connectivity index (χ1v) is 2.72. The van der Waals surface area contributed by atoms with Crippen molar-refractivity contribution in [1.29, 1.82) is 0 Å². The summed E-state index contributed by atoms with van der Waals surface area (Å²) in [5.74, 6) is 0. The molecule has 1 aromatic carbocycles. The molecule has 0 aliphatic rings. The second kappa shape index (κ2) is 1.58. The van der Waals surface area contributed by atoms with Gasteiger partial charge in [-0.3, -0.25) is 5.09 Å². The molecule has 1 aromatic heterocycles. The molecule has 0 aliphatic carbocycles. The summed E-state index contributed by atoms with van der Waals surface area (Å²) in [6.07, 6.45) is 0.163. The monoisotopic (exact) mass is 120 g/mol. The van der Waals surface area contributed by atoms with Crippen LogP contribution in [0.15, 0.2) is 30.4 Å². The average Bonchev–Trinajstić information content (AvgIpc) is 2.30. The Morgan fingerprint density at radius 3 is 3.33 bits per heavy atom. The second-order valence-corrected chi connectivity index (χ2v) is 1.83. The van der Waals surface area contributed by atoms with Crippen LogP contribution in [0, 0.1) is 0 Å². The molecule has 2 rings (SSSR count). The van der Waals surface area contributed by atoms with Crippen LogP contribution in [0.25, 0.3) is 10.9 Å². The number of hydrogen-bond acceptors (Lipinski definition) is 1. The number of H-pyrrole nitrogens is 1. The van der Waals surface area contributed by atoms with E-state index < -0.39 is 0 Å².